The van der Waals surface area contributed by atoms with Gasteiger partial charge in [-0.05, 0) is 26.8 Å². The highest BCUT2D eigenvalue weighted by Crippen LogP contribution is 2.45. The molecule has 0 radical (unpaired) electrons. The number of ether oxygens (including phenoxy) is 3. The van der Waals surface area contributed by atoms with Gasteiger partial charge >= 0.3 is 6.09 Å². The van der Waals surface area contributed by atoms with Crippen LogP contribution in [0, 0.1) is 0 Å². The normalized spacial score (nSPS) is 17.6. The van der Waals surface area contributed by atoms with Crippen molar-refractivity contribution in [1.82, 2.24) is 19.4 Å². The minimum atomic E-state index is -0.609. The summed E-state index contributed by atoms with van der Waals surface area (Å²) in [7, 11) is 4.51. The number of benzene rings is 1. The Morgan fingerprint density at radius 1 is 1.13 bits per heavy atom. The minimum absolute atomic E-state index is 0.179. The molecule has 3 heterocycles. The van der Waals surface area contributed by atoms with Crippen LogP contribution in [0.1, 0.15) is 20.8 Å². The van der Waals surface area contributed by atoms with Crippen LogP contribution in [0.5, 0.6) is 11.5 Å². The Balaban J connectivity index is 1.67. The molecule has 1 fully saturated rings. The summed E-state index contributed by atoms with van der Waals surface area (Å²) < 4.78 is 17.5. The molecule has 2 aromatic heterocycles. The van der Waals surface area contributed by atoms with Crippen LogP contribution in [0.25, 0.3) is 22.2 Å². The number of pyridine rings is 1. The first-order valence-corrected chi connectivity index (χ1v) is 12.6. The molecule has 2 atom stereocenters. The molecule has 1 amide bonds. The number of aryl methyl sites for hydroxylation is 1. The average Bonchev–Trinajstić information content (AvgIpc) is 3.22. The highest BCUT2D eigenvalue weighted by atomic mass is 35.5. The number of fused-ring (bicyclic) bond motifs is 1. The van der Waals surface area contributed by atoms with Crippen molar-refractivity contribution in [3.05, 3.63) is 38.7 Å². The zero-order valence-electron chi connectivity index (χ0n) is 22.0. The lowest BCUT2D eigenvalue weighted by Crippen LogP contribution is -2.39. The second-order valence-corrected chi connectivity index (χ2v) is 10.7. The van der Waals surface area contributed by atoms with E-state index < -0.39 is 11.7 Å². The van der Waals surface area contributed by atoms with E-state index >= 15 is 0 Å². The van der Waals surface area contributed by atoms with Crippen molar-refractivity contribution >= 4 is 46.3 Å². The van der Waals surface area contributed by atoms with Crippen molar-refractivity contribution < 1.29 is 19.0 Å². The number of hydrogen-bond donors (Lipinski definition) is 2. The van der Waals surface area contributed by atoms with Crippen molar-refractivity contribution in [3.8, 4) is 22.6 Å². The summed E-state index contributed by atoms with van der Waals surface area (Å²) in [5.74, 6) is 0.897. The van der Waals surface area contributed by atoms with Crippen molar-refractivity contribution in [3.63, 3.8) is 0 Å². The number of carbonyl (C=O) groups is 1. The SMILES string of the molecule is COc1cc(OC)c(Cl)c(-c2cc3cnc(N[C@@H]4CN(C(=O)OC(C)(C)C)CC4N)nc3n(C)c2=O)c1Cl. The molecule has 204 valence electrons. The molecule has 1 aliphatic rings. The van der Waals surface area contributed by atoms with Crippen LogP contribution in [0.3, 0.4) is 0 Å². The molecule has 3 N–H and O–H groups in total. The summed E-state index contributed by atoms with van der Waals surface area (Å²) in [4.78, 5) is 36.4. The molecule has 1 saturated heterocycles. The van der Waals surface area contributed by atoms with Gasteiger partial charge < -0.3 is 30.2 Å². The first-order valence-electron chi connectivity index (χ1n) is 11.8. The van der Waals surface area contributed by atoms with Crippen LogP contribution in [0.2, 0.25) is 10.0 Å². The average molecular weight is 565 g/mol. The number of carbonyl (C=O) groups excluding carboxylic acids is 1. The molecule has 0 spiro atoms. The Kier molecular flexibility index (Phi) is 7.64. The van der Waals surface area contributed by atoms with Gasteiger partial charge in [0.05, 0.1) is 35.9 Å². The summed E-state index contributed by atoms with van der Waals surface area (Å²) in [6.07, 6.45) is 1.15. The van der Waals surface area contributed by atoms with Crippen LogP contribution in [0.4, 0.5) is 10.7 Å². The van der Waals surface area contributed by atoms with Gasteiger partial charge in [-0.2, -0.15) is 4.98 Å². The number of nitrogens with one attached hydrogen (secondary N) is 1. The maximum Gasteiger partial charge on any atom is 0.410 e. The lowest BCUT2D eigenvalue weighted by atomic mass is 10.0. The topological polar surface area (TPSA) is 134 Å². The summed E-state index contributed by atoms with van der Waals surface area (Å²) in [6, 6.07) is 2.51. The third kappa shape index (κ3) is 5.31. The lowest BCUT2D eigenvalue weighted by molar-refractivity contribution is 0.0291. The Bertz CT molecular complexity index is 1430. The number of rotatable bonds is 5. The number of nitrogens with two attached hydrogens (primary N) is 1. The van der Waals surface area contributed by atoms with Crippen LogP contribution >= 0.6 is 23.2 Å². The summed E-state index contributed by atoms with van der Waals surface area (Å²) in [5.41, 5.74) is 6.20. The molecule has 0 saturated carbocycles. The van der Waals surface area contributed by atoms with E-state index in [1.165, 1.54) is 18.8 Å². The number of nitrogens with zero attached hydrogens (tertiary/aromatic N) is 4. The van der Waals surface area contributed by atoms with Gasteiger partial charge in [-0.1, -0.05) is 23.2 Å². The monoisotopic (exact) mass is 564 g/mol. The Labute approximate surface area is 229 Å². The smallest absolute Gasteiger partial charge is 0.410 e. The molecule has 0 aliphatic carbocycles. The molecule has 38 heavy (non-hydrogen) atoms. The minimum Gasteiger partial charge on any atom is -0.495 e. The zero-order chi connectivity index (χ0) is 27.9. The second-order valence-electron chi connectivity index (χ2n) is 9.98. The lowest BCUT2D eigenvalue weighted by Gasteiger charge is -2.24. The van der Waals surface area contributed by atoms with E-state index in [0.717, 1.165) is 0 Å². The van der Waals surface area contributed by atoms with Crippen LogP contribution in [-0.2, 0) is 11.8 Å². The first kappa shape index (κ1) is 27.7. The van der Waals surface area contributed by atoms with Crippen molar-refractivity contribution in [2.75, 3.05) is 32.6 Å². The first-order chi connectivity index (χ1) is 17.8. The van der Waals surface area contributed by atoms with Crippen molar-refractivity contribution in [1.29, 1.82) is 0 Å². The molecule has 13 heteroatoms. The number of aromatic nitrogens is 3. The van der Waals surface area contributed by atoms with E-state index in [4.69, 9.17) is 43.1 Å². The third-order valence-corrected chi connectivity index (χ3v) is 6.87. The van der Waals surface area contributed by atoms with Gasteiger partial charge in [0.1, 0.15) is 22.7 Å². The van der Waals surface area contributed by atoms with Gasteiger partial charge in [0.2, 0.25) is 5.95 Å². The van der Waals surface area contributed by atoms with Gasteiger partial charge in [0.15, 0.2) is 0 Å². The van der Waals surface area contributed by atoms with E-state index in [9.17, 15) is 9.59 Å². The van der Waals surface area contributed by atoms with E-state index in [1.807, 2.05) is 20.8 Å². The maximum absolute atomic E-state index is 13.4. The highest BCUT2D eigenvalue weighted by molar-refractivity contribution is 6.41. The summed E-state index contributed by atoms with van der Waals surface area (Å²) >= 11 is 13.1. The van der Waals surface area contributed by atoms with E-state index in [-0.39, 0.29) is 44.8 Å². The molecule has 4 rings (SSSR count). The Morgan fingerprint density at radius 3 is 2.34 bits per heavy atom. The molecule has 1 aromatic carbocycles. The van der Waals surface area contributed by atoms with Gasteiger partial charge in [-0.3, -0.25) is 9.36 Å². The number of likely N-dealkylation sites (tertiary alicyclic amines) is 1. The van der Waals surface area contributed by atoms with Crippen molar-refractivity contribution in [2.45, 2.75) is 38.5 Å². The fourth-order valence-electron chi connectivity index (χ4n) is 4.24. The van der Waals surface area contributed by atoms with Gasteiger partial charge in [-0.15, -0.1) is 0 Å². The van der Waals surface area contributed by atoms with Gasteiger partial charge in [0.25, 0.3) is 5.56 Å². The van der Waals surface area contributed by atoms with E-state index in [1.54, 1.807) is 30.3 Å². The fraction of sp³-hybridized carbons (Fsp3) is 0.440. The third-order valence-electron chi connectivity index (χ3n) is 6.12. The molecule has 11 nitrogen and oxygen atoms in total. The molecule has 1 aliphatic heterocycles. The van der Waals surface area contributed by atoms with Crippen LogP contribution in [0.15, 0.2) is 23.1 Å². The molecular weight excluding hydrogens is 535 g/mol. The molecular formula is C25H30Cl2N6O5. The van der Waals surface area contributed by atoms with E-state index in [0.29, 0.717) is 35.6 Å². The number of methoxy groups -OCH3 is 2. The molecule has 0 bridgehead atoms. The Morgan fingerprint density at radius 2 is 1.76 bits per heavy atom. The predicted octanol–water partition coefficient (Wildman–Crippen LogP) is 3.68. The van der Waals surface area contributed by atoms with Gasteiger partial charge in [0, 0.05) is 49.4 Å². The van der Waals surface area contributed by atoms with E-state index in [2.05, 4.69) is 15.3 Å². The van der Waals surface area contributed by atoms with Crippen molar-refractivity contribution in [2.24, 2.45) is 12.8 Å². The van der Waals surface area contributed by atoms with Crippen LogP contribution in [-0.4, -0.2) is 70.5 Å². The largest absolute Gasteiger partial charge is 0.495 e. The fourth-order valence-corrected chi connectivity index (χ4v) is 4.94. The highest BCUT2D eigenvalue weighted by Gasteiger charge is 2.35. The summed E-state index contributed by atoms with van der Waals surface area (Å²) in [6.45, 7) is 6.07. The molecule has 1 unspecified atom stereocenters. The molecule has 3 aromatic rings. The standard InChI is InChI=1S/C25H30Cl2N6O5/c1-25(2,3)38-24(35)33-10-14(28)15(11-33)30-23-29-9-12-7-13(22(34)32(4)21(12)31-23)18-19(26)16(36-5)8-17(37-6)20(18)27/h7-9,14-15H,10-11,28H2,1-6H3,(H,29,30,31)/t14?,15-/m1/s1. The zero-order valence-corrected chi connectivity index (χ0v) is 23.5. The number of amides is 1. The number of hydrogen-bond acceptors (Lipinski definition) is 9. The predicted molar refractivity (Wildman–Crippen MR) is 147 cm³/mol. The quantitative estimate of drug-likeness (QED) is 0.475. The van der Waals surface area contributed by atoms with Crippen LogP contribution < -0.4 is 26.1 Å². The number of halogens is 2. The number of anilines is 1. The Hall–Kier alpha value is -3.28. The maximum atomic E-state index is 13.4. The second kappa shape index (κ2) is 10.5. The summed E-state index contributed by atoms with van der Waals surface area (Å²) in [5, 5.41) is 4.12. The van der Waals surface area contributed by atoms with Gasteiger partial charge in [-0.25, -0.2) is 9.78 Å².